The van der Waals surface area contributed by atoms with Crippen LogP contribution in [0.5, 0.6) is 5.75 Å². The molecule has 36 heavy (non-hydrogen) atoms. The van der Waals surface area contributed by atoms with Crippen molar-refractivity contribution in [2.24, 2.45) is 4.99 Å². The molecule has 0 aliphatic carbocycles. The summed E-state index contributed by atoms with van der Waals surface area (Å²) in [5.41, 5.74) is 5.44. The van der Waals surface area contributed by atoms with Gasteiger partial charge in [0.1, 0.15) is 11.4 Å². The topological polar surface area (TPSA) is 71.0 Å². The molecule has 0 aromatic heterocycles. The van der Waals surface area contributed by atoms with E-state index in [2.05, 4.69) is 10.3 Å². The van der Waals surface area contributed by atoms with Gasteiger partial charge in [0, 0.05) is 0 Å². The summed E-state index contributed by atoms with van der Waals surface area (Å²) in [4.78, 5) is 32.3. The predicted octanol–water partition coefficient (Wildman–Crippen LogP) is 6.39. The molecule has 8 heteroatoms. The van der Waals surface area contributed by atoms with Gasteiger partial charge in [0.05, 0.1) is 29.3 Å². The number of aliphatic imine (C=N–C) groups is 1. The van der Waals surface area contributed by atoms with Gasteiger partial charge in [-0.2, -0.15) is 0 Å². The zero-order valence-electron chi connectivity index (χ0n) is 20.5. The maximum atomic E-state index is 13.5. The molecule has 0 atom stereocenters. The van der Waals surface area contributed by atoms with Crippen LogP contribution in [0, 0.1) is 20.8 Å². The SMILES string of the molecule is COc1ccc(/C=C2/N=C(SCC(=O)Nc3ccc(C)cc3Cl)N(c3cc(C)cc(C)c3)C2=O)cc1. The molecule has 1 aliphatic heterocycles. The number of thioether (sulfide) groups is 1. The molecule has 0 fully saturated rings. The number of hydrogen-bond acceptors (Lipinski definition) is 5. The fourth-order valence-corrected chi connectivity index (χ4v) is 4.89. The van der Waals surface area contributed by atoms with Crippen LogP contribution < -0.4 is 15.0 Å². The number of benzene rings is 3. The van der Waals surface area contributed by atoms with Crippen LogP contribution in [0.15, 0.2) is 71.4 Å². The van der Waals surface area contributed by atoms with Crippen molar-refractivity contribution in [2.45, 2.75) is 20.8 Å². The molecule has 6 nitrogen and oxygen atoms in total. The Balaban J connectivity index is 1.60. The van der Waals surface area contributed by atoms with E-state index in [0.29, 0.717) is 27.3 Å². The van der Waals surface area contributed by atoms with Crippen molar-refractivity contribution >= 4 is 57.8 Å². The Kier molecular flexibility index (Phi) is 7.82. The number of rotatable bonds is 6. The minimum absolute atomic E-state index is 0.0629. The van der Waals surface area contributed by atoms with E-state index in [1.54, 1.807) is 30.2 Å². The first-order chi connectivity index (χ1) is 17.2. The average molecular weight is 520 g/mol. The number of anilines is 2. The quantitative estimate of drug-likeness (QED) is 0.383. The second-order valence-corrected chi connectivity index (χ2v) is 9.85. The van der Waals surface area contributed by atoms with Gasteiger partial charge < -0.3 is 10.1 Å². The molecule has 0 saturated carbocycles. The second kappa shape index (κ2) is 11.0. The number of carbonyl (C=O) groups is 2. The van der Waals surface area contributed by atoms with Gasteiger partial charge in [0.25, 0.3) is 5.91 Å². The first-order valence-electron chi connectivity index (χ1n) is 11.3. The van der Waals surface area contributed by atoms with Crippen molar-refractivity contribution in [3.63, 3.8) is 0 Å². The third kappa shape index (κ3) is 5.98. The summed E-state index contributed by atoms with van der Waals surface area (Å²) in [7, 11) is 1.60. The second-order valence-electron chi connectivity index (χ2n) is 8.50. The highest BCUT2D eigenvalue weighted by atomic mass is 35.5. The number of ether oxygens (including phenoxy) is 1. The van der Waals surface area contributed by atoms with Crippen LogP contribution in [0.1, 0.15) is 22.3 Å². The minimum Gasteiger partial charge on any atom is -0.497 e. The molecular weight excluding hydrogens is 494 g/mol. The number of amidine groups is 1. The normalized spacial score (nSPS) is 14.2. The third-order valence-corrected chi connectivity index (χ3v) is 6.70. The zero-order valence-corrected chi connectivity index (χ0v) is 22.0. The van der Waals surface area contributed by atoms with Crippen LogP contribution >= 0.6 is 23.4 Å². The molecule has 0 saturated heterocycles. The number of nitrogens with zero attached hydrogens (tertiary/aromatic N) is 2. The van der Waals surface area contributed by atoms with Crippen molar-refractivity contribution in [3.05, 3.63) is 93.6 Å². The molecule has 0 unspecified atom stereocenters. The van der Waals surface area contributed by atoms with Crippen LogP contribution in [-0.4, -0.2) is 29.8 Å². The number of halogens is 1. The molecule has 2 amide bonds. The highest BCUT2D eigenvalue weighted by Gasteiger charge is 2.32. The van der Waals surface area contributed by atoms with Crippen molar-refractivity contribution in [1.29, 1.82) is 0 Å². The van der Waals surface area contributed by atoms with Crippen LogP contribution in [-0.2, 0) is 9.59 Å². The number of amides is 2. The molecule has 1 N–H and O–H groups in total. The number of methoxy groups -OCH3 is 1. The highest BCUT2D eigenvalue weighted by Crippen LogP contribution is 2.31. The van der Waals surface area contributed by atoms with Gasteiger partial charge in [-0.1, -0.05) is 47.6 Å². The Morgan fingerprint density at radius 3 is 2.36 bits per heavy atom. The fraction of sp³-hybridized carbons (Fsp3) is 0.179. The van der Waals surface area contributed by atoms with Crippen LogP contribution in [0.25, 0.3) is 6.08 Å². The Hall–Kier alpha value is -3.55. The van der Waals surface area contributed by atoms with E-state index in [4.69, 9.17) is 16.3 Å². The van der Waals surface area contributed by atoms with Crippen molar-refractivity contribution in [1.82, 2.24) is 0 Å². The monoisotopic (exact) mass is 519 g/mol. The number of aryl methyl sites for hydroxylation is 3. The number of hydrogen-bond donors (Lipinski definition) is 1. The standard InChI is InChI=1S/C28H26ClN3O3S/c1-17-5-10-24(23(29)14-17)30-26(33)16-36-28-31-25(15-20-6-8-22(35-4)9-7-20)27(34)32(28)21-12-18(2)11-19(3)13-21/h5-15H,16H2,1-4H3,(H,30,33)/b25-15+. The summed E-state index contributed by atoms with van der Waals surface area (Å²) in [6.07, 6.45) is 1.73. The van der Waals surface area contributed by atoms with Crippen molar-refractivity contribution < 1.29 is 14.3 Å². The molecule has 4 rings (SSSR count). The first-order valence-corrected chi connectivity index (χ1v) is 12.7. The van der Waals surface area contributed by atoms with Crippen LogP contribution in [0.4, 0.5) is 11.4 Å². The molecule has 3 aromatic carbocycles. The van der Waals surface area contributed by atoms with E-state index < -0.39 is 0 Å². The molecule has 1 heterocycles. The fourth-order valence-electron chi connectivity index (χ4n) is 3.80. The first kappa shape index (κ1) is 25.5. The molecule has 0 bridgehead atoms. The van der Waals surface area contributed by atoms with Gasteiger partial charge >= 0.3 is 0 Å². The Bertz CT molecular complexity index is 1360. The summed E-state index contributed by atoms with van der Waals surface area (Å²) in [6.45, 7) is 5.89. The molecule has 0 radical (unpaired) electrons. The Morgan fingerprint density at radius 2 is 1.72 bits per heavy atom. The van der Waals surface area contributed by atoms with Gasteiger partial charge in [-0.15, -0.1) is 0 Å². The van der Waals surface area contributed by atoms with Gasteiger partial charge in [-0.3, -0.25) is 14.5 Å². The Labute approximate surface area is 220 Å². The largest absolute Gasteiger partial charge is 0.497 e. The number of nitrogens with one attached hydrogen (secondary N) is 1. The molecule has 1 aliphatic rings. The van der Waals surface area contributed by atoms with Gasteiger partial charge in [0.2, 0.25) is 5.91 Å². The van der Waals surface area contributed by atoms with E-state index in [1.165, 1.54) is 11.8 Å². The Morgan fingerprint density at radius 1 is 1.03 bits per heavy atom. The predicted molar refractivity (Wildman–Crippen MR) is 149 cm³/mol. The van der Waals surface area contributed by atoms with E-state index in [-0.39, 0.29) is 17.6 Å². The summed E-state index contributed by atoms with van der Waals surface area (Å²) < 4.78 is 5.21. The lowest BCUT2D eigenvalue weighted by Crippen LogP contribution is -2.31. The van der Waals surface area contributed by atoms with Gasteiger partial charge in [0.15, 0.2) is 5.17 Å². The van der Waals surface area contributed by atoms with E-state index in [9.17, 15) is 9.59 Å². The molecule has 0 spiro atoms. The van der Waals surface area contributed by atoms with Crippen molar-refractivity contribution in [3.8, 4) is 5.75 Å². The van der Waals surface area contributed by atoms with Crippen LogP contribution in [0.3, 0.4) is 0 Å². The lowest BCUT2D eigenvalue weighted by molar-refractivity contribution is -0.114. The average Bonchev–Trinajstić information content (AvgIpc) is 3.14. The number of carbonyl (C=O) groups excluding carboxylic acids is 2. The lowest BCUT2D eigenvalue weighted by Gasteiger charge is -2.19. The summed E-state index contributed by atoms with van der Waals surface area (Å²) >= 11 is 7.45. The third-order valence-electron chi connectivity index (χ3n) is 5.44. The maximum Gasteiger partial charge on any atom is 0.283 e. The lowest BCUT2D eigenvalue weighted by atomic mass is 10.1. The van der Waals surface area contributed by atoms with Gasteiger partial charge in [-0.05, 0) is 85.5 Å². The molecular formula is C28H26ClN3O3S. The van der Waals surface area contributed by atoms with E-state index in [1.807, 2.05) is 69.3 Å². The summed E-state index contributed by atoms with van der Waals surface area (Å²) in [5.74, 6) is 0.299. The summed E-state index contributed by atoms with van der Waals surface area (Å²) in [5, 5.41) is 3.75. The zero-order chi connectivity index (χ0) is 25.8. The van der Waals surface area contributed by atoms with Crippen molar-refractivity contribution in [2.75, 3.05) is 23.1 Å². The maximum absolute atomic E-state index is 13.5. The minimum atomic E-state index is -0.250. The molecule has 184 valence electrons. The highest BCUT2D eigenvalue weighted by molar-refractivity contribution is 8.14. The molecule has 3 aromatic rings. The van der Waals surface area contributed by atoms with E-state index >= 15 is 0 Å². The summed E-state index contributed by atoms with van der Waals surface area (Å²) in [6, 6.07) is 18.7. The smallest absolute Gasteiger partial charge is 0.283 e. The van der Waals surface area contributed by atoms with Crippen LogP contribution in [0.2, 0.25) is 5.02 Å². The van der Waals surface area contributed by atoms with Gasteiger partial charge in [-0.25, -0.2) is 4.99 Å². The van der Waals surface area contributed by atoms with E-state index in [0.717, 1.165) is 28.0 Å².